The molecule has 1 amide bonds. The summed E-state index contributed by atoms with van der Waals surface area (Å²) in [5.74, 6) is -2.91. The van der Waals surface area contributed by atoms with Crippen LogP contribution in [0.25, 0.3) is 0 Å². The lowest BCUT2D eigenvalue weighted by atomic mass is 9.84. The number of carbonyl (C=O) groups is 4. The Morgan fingerprint density at radius 3 is 2.38 bits per heavy atom. The van der Waals surface area contributed by atoms with E-state index in [0.29, 0.717) is 16.8 Å². The molecule has 1 heterocycles. The number of nitrogens with zero attached hydrogens (tertiary/aromatic N) is 1. The molecule has 0 spiro atoms. The highest BCUT2D eigenvalue weighted by atomic mass is 79.9. The number of hydrogen-bond acceptors (Lipinski definition) is 5. The second-order valence-corrected chi connectivity index (χ2v) is 7.64. The molecule has 0 fully saturated rings. The van der Waals surface area contributed by atoms with Gasteiger partial charge in [-0.15, -0.1) is 0 Å². The van der Waals surface area contributed by atoms with Crippen LogP contribution in [0.1, 0.15) is 42.1 Å². The van der Waals surface area contributed by atoms with E-state index in [0.717, 1.165) is 4.47 Å². The molecule has 0 saturated heterocycles. The molecule has 0 aliphatic carbocycles. The molecule has 0 N–H and O–H groups in total. The number of Topliss-reactive ketones (excluding diaryl/α,β-unsaturated/α-hetero) is 2. The van der Waals surface area contributed by atoms with Gasteiger partial charge >= 0.3 is 5.97 Å². The number of carbonyl (C=O) groups excluding carboxylic acids is 4. The largest absolute Gasteiger partial charge is 0.460 e. The Hall–Kier alpha value is -2.80. The maximum atomic E-state index is 13.2. The lowest BCUT2D eigenvalue weighted by Crippen LogP contribution is -2.44. The number of esters is 1. The molecule has 0 unspecified atom stereocenters. The molecule has 1 aliphatic heterocycles. The monoisotopic (exact) mass is 457 g/mol. The number of ketones is 2. The summed E-state index contributed by atoms with van der Waals surface area (Å²) in [5, 5.41) is 0. The lowest BCUT2D eigenvalue weighted by molar-refractivity contribution is -0.153. The van der Waals surface area contributed by atoms with Gasteiger partial charge in [-0.3, -0.25) is 14.4 Å². The Balaban J connectivity index is 2.06. The molecule has 0 radical (unpaired) electrons. The van der Waals surface area contributed by atoms with Gasteiger partial charge in [-0.1, -0.05) is 40.2 Å². The molecule has 7 heteroatoms. The highest BCUT2D eigenvalue weighted by Crippen LogP contribution is 2.40. The predicted molar refractivity (Wildman–Crippen MR) is 111 cm³/mol. The van der Waals surface area contributed by atoms with Crippen molar-refractivity contribution < 1.29 is 23.9 Å². The van der Waals surface area contributed by atoms with Gasteiger partial charge in [0.05, 0.1) is 12.3 Å². The SMILES string of the molecule is CCOC(=O)C(=O)C[C@H](c1ccc(Br)cc1)[C@H]1C(=O)c2ccccc2N1C(C)=O. The standard InChI is InChI=1S/C22H20BrNO5/c1-3-29-22(28)19(26)12-17(14-8-10-15(23)11-9-14)20-21(27)16-6-4-5-7-18(16)24(20)13(2)25/h4-11,17,20H,3,12H2,1-2H3/t17-,20+/m1/s1. The molecular formula is C22H20BrNO5. The summed E-state index contributed by atoms with van der Waals surface area (Å²) in [5.41, 5.74) is 1.63. The van der Waals surface area contributed by atoms with Gasteiger partial charge in [0.15, 0.2) is 5.78 Å². The van der Waals surface area contributed by atoms with E-state index in [4.69, 9.17) is 4.74 Å². The molecule has 0 aromatic heterocycles. The van der Waals surface area contributed by atoms with Gasteiger partial charge in [0, 0.05) is 29.3 Å². The highest BCUT2D eigenvalue weighted by Gasteiger charge is 2.45. The summed E-state index contributed by atoms with van der Waals surface area (Å²) in [6.07, 6.45) is -0.241. The zero-order chi connectivity index (χ0) is 21.1. The normalized spacial score (nSPS) is 16.3. The van der Waals surface area contributed by atoms with E-state index in [1.54, 1.807) is 55.5 Å². The van der Waals surface area contributed by atoms with E-state index in [-0.39, 0.29) is 24.7 Å². The van der Waals surface area contributed by atoms with Crippen LogP contribution in [0.5, 0.6) is 0 Å². The van der Waals surface area contributed by atoms with E-state index in [1.807, 2.05) is 0 Å². The van der Waals surface area contributed by atoms with Crippen LogP contribution in [-0.4, -0.2) is 36.1 Å². The second kappa shape index (κ2) is 8.69. The van der Waals surface area contributed by atoms with Crippen LogP contribution in [0.3, 0.4) is 0 Å². The Kier molecular flexibility index (Phi) is 6.27. The number of fused-ring (bicyclic) bond motifs is 1. The van der Waals surface area contributed by atoms with E-state index >= 15 is 0 Å². The molecule has 2 aromatic carbocycles. The van der Waals surface area contributed by atoms with Crippen LogP contribution in [-0.2, 0) is 19.1 Å². The number of halogens is 1. The fourth-order valence-corrected chi connectivity index (χ4v) is 3.93. The van der Waals surface area contributed by atoms with Crippen molar-refractivity contribution in [2.75, 3.05) is 11.5 Å². The van der Waals surface area contributed by atoms with Crippen LogP contribution >= 0.6 is 15.9 Å². The number of anilines is 1. The van der Waals surface area contributed by atoms with Crippen LogP contribution in [0, 0.1) is 0 Å². The number of benzene rings is 2. The predicted octanol–water partition coefficient (Wildman–Crippen LogP) is 3.67. The van der Waals surface area contributed by atoms with Gasteiger partial charge in [0.2, 0.25) is 11.7 Å². The zero-order valence-electron chi connectivity index (χ0n) is 16.1. The smallest absolute Gasteiger partial charge is 0.374 e. The van der Waals surface area contributed by atoms with Crippen molar-refractivity contribution in [1.29, 1.82) is 0 Å². The third-order valence-electron chi connectivity index (χ3n) is 4.90. The summed E-state index contributed by atoms with van der Waals surface area (Å²) in [7, 11) is 0. The minimum absolute atomic E-state index is 0.0842. The molecule has 3 rings (SSSR count). The minimum atomic E-state index is -0.938. The topological polar surface area (TPSA) is 80.8 Å². The number of amides is 1. The van der Waals surface area contributed by atoms with Crippen LogP contribution in [0.15, 0.2) is 53.0 Å². The average molecular weight is 458 g/mol. The van der Waals surface area contributed by atoms with E-state index < -0.39 is 23.7 Å². The van der Waals surface area contributed by atoms with Crippen LogP contribution < -0.4 is 4.90 Å². The lowest BCUT2D eigenvalue weighted by Gasteiger charge is -2.30. The minimum Gasteiger partial charge on any atom is -0.460 e. The molecule has 0 saturated carbocycles. The summed E-state index contributed by atoms with van der Waals surface area (Å²) in [6, 6.07) is 13.1. The van der Waals surface area contributed by atoms with Gasteiger partial charge in [-0.05, 0) is 36.8 Å². The Labute approximate surface area is 177 Å². The zero-order valence-corrected chi connectivity index (χ0v) is 17.6. The van der Waals surface area contributed by atoms with Crippen molar-refractivity contribution >= 4 is 45.1 Å². The van der Waals surface area contributed by atoms with Gasteiger partial charge in [-0.25, -0.2) is 4.79 Å². The molecule has 29 heavy (non-hydrogen) atoms. The highest BCUT2D eigenvalue weighted by molar-refractivity contribution is 9.10. The van der Waals surface area contributed by atoms with Crippen LogP contribution in [0.2, 0.25) is 0 Å². The van der Waals surface area contributed by atoms with Gasteiger partial charge < -0.3 is 9.64 Å². The fraction of sp³-hybridized carbons (Fsp3) is 0.273. The number of hydrogen-bond donors (Lipinski definition) is 0. The number of rotatable bonds is 6. The van der Waals surface area contributed by atoms with Crippen molar-refractivity contribution in [3.8, 4) is 0 Å². The Bertz CT molecular complexity index is 969. The Morgan fingerprint density at radius 2 is 1.76 bits per heavy atom. The molecule has 1 aliphatic rings. The molecule has 2 aromatic rings. The molecule has 0 bridgehead atoms. The van der Waals surface area contributed by atoms with Gasteiger partial charge in [-0.2, -0.15) is 0 Å². The van der Waals surface area contributed by atoms with Gasteiger partial charge in [0.1, 0.15) is 6.04 Å². The fourth-order valence-electron chi connectivity index (χ4n) is 3.66. The molecule has 150 valence electrons. The molecular weight excluding hydrogens is 438 g/mol. The summed E-state index contributed by atoms with van der Waals surface area (Å²) < 4.78 is 5.66. The molecule has 2 atom stereocenters. The van der Waals surface area contributed by atoms with Crippen molar-refractivity contribution in [2.24, 2.45) is 0 Å². The molecule has 6 nitrogen and oxygen atoms in total. The van der Waals surface area contributed by atoms with Crippen molar-refractivity contribution in [2.45, 2.75) is 32.2 Å². The second-order valence-electron chi connectivity index (χ2n) is 6.72. The third-order valence-corrected chi connectivity index (χ3v) is 5.43. The van der Waals surface area contributed by atoms with Gasteiger partial charge in [0.25, 0.3) is 0 Å². The van der Waals surface area contributed by atoms with Crippen LogP contribution in [0.4, 0.5) is 5.69 Å². The van der Waals surface area contributed by atoms with Crippen molar-refractivity contribution in [3.05, 3.63) is 64.1 Å². The maximum Gasteiger partial charge on any atom is 0.374 e. The van der Waals surface area contributed by atoms with Crippen molar-refractivity contribution in [3.63, 3.8) is 0 Å². The summed E-state index contributed by atoms with van der Waals surface area (Å²) in [4.78, 5) is 51.6. The van der Waals surface area contributed by atoms with E-state index in [9.17, 15) is 19.2 Å². The summed E-state index contributed by atoms with van der Waals surface area (Å²) >= 11 is 3.37. The first-order valence-electron chi connectivity index (χ1n) is 9.23. The van der Waals surface area contributed by atoms with Crippen molar-refractivity contribution in [1.82, 2.24) is 0 Å². The third kappa shape index (κ3) is 4.15. The summed E-state index contributed by atoms with van der Waals surface area (Å²) in [6.45, 7) is 3.08. The average Bonchev–Trinajstić information content (AvgIpc) is 3.00. The van der Waals surface area contributed by atoms with E-state index in [1.165, 1.54) is 11.8 Å². The number of para-hydroxylation sites is 1. The first-order chi connectivity index (χ1) is 13.8. The Morgan fingerprint density at radius 1 is 1.10 bits per heavy atom. The first-order valence-corrected chi connectivity index (χ1v) is 10.0. The quantitative estimate of drug-likeness (QED) is 0.488. The number of ether oxygens (including phenoxy) is 1. The van der Waals surface area contributed by atoms with E-state index in [2.05, 4.69) is 15.9 Å². The maximum absolute atomic E-state index is 13.2. The first kappa shape index (κ1) is 20.9.